The van der Waals surface area contributed by atoms with E-state index in [2.05, 4.69) is 19.1 Å². The molecule has 3 rings (SSSR count). The molecule has 0 N–H and O–H groups in total. The van der Waals surface area contributed by atoms with Gasteiger partial charge in [0.25, 0.3) is 0 Å². The van der Waals surface area contributed by atoms with Crippen LogP contribution in [0, 0.1) is 12.3 Å². The van der Waals surface area contributed by atoms with E-state index in [1.54, 1.807) is 0 Å². The lowest BCUT2D eigenvalue weighted by Gasteiger charge is -2.22. The predicted molar refractivity (Wildman–Crippen MR) is 55.5 cm³/mol. The van der Waals surface area contributed by atoms with E-state index in [1.165, 1.54) is 11.1 Å². The Morgan fingerprint density at radius 1 is 1.21 bits per heavy atom. The van der Waals surface area contributed by atoms with E-state index in [1.807, 2.05) is 6.07 Å². The van der Waals surface area contributed by atoms with E-state index in [-0.39, 0.29) is 5.41 Å². The fourth-order valence-electron chi connectivity index (χ4n) is 2.55. The van der Waals surface area contributed by atoms with Crippen molar-refractivity contribution in [3.05, 3.63) is 34.9 Å². The molecule has 0 radical (unpaired) electrons. The van der Waals surface area contributed by atoms with Crippen LogP contribution in [0.25, 0.3) is 0 Å². The smallest absolute Gasteiger partial charge is 0.169 e. The summed E-state index contributed by atoms with van der Waals surface area (Å²) in [6, 6.07) is 6.24. The van der Waals surface area contributed by atoms with Crippen molar-refractivity contribution in [3.63, 3.8) is 0 Å². The Kier molecular flexibility index (Phi) is 1.45. The molecular weight excluding hydrogens is 172 g/mol. The maximum Gasteiger partial charge on any atom is 0.169 e. The highest BCUT2D eigenvalue weighted by Crippen LogP contribution is 2.54. The summed E-state index contributed by atoms with van der Waals surface area (Å²) in [5.41, 5.74) is 3.62. The summed E-state index contributed by atoms with van der Waals surface area (Å²) in [6.45, 7) is 2.09. The molecule has 1 aromatic rings. The van der Waals surface area contributed by atoms with Crippen molar-refractivity contribution in [2.75, 3.05) is 0 Å². The van der Waals surface area contributed by atoms with Crippen molar-refractivity contribution < 1.29 is 4.79 Å². The highest BCUT2D eigenvalue weighted by atomic mass is 16.1. The molecule has 1 spiro atoms. The molecule has 1 saturated carbocycles. The average Bonchev–Trinajstić information content (AvgIpc) is 2.93. The Hall–Kier alpha value is -1.11. The zero-order valence-corrected chi connectivity index (χ0v) is 8.47. The van der Waals surface area contributed by atoms with Crippen LogP contribution < -0.4 is 0 Å². The van der Waals surface area contributed by atoms with E-state index >= 15 is 0 Å². The summed E-state index contributed by atoms with van der Waals surface area (Å²) in [7, 11) is 0. The molecule has 1 aromatic carbocycles. The zero-order valence-electron chi connectivity index (χ0n) is 8.47. The monoisotopic (exact) mass is 186 g/mol. The largest absolute Gasteiger partial charge is 0.294 e. The van der Waals surface area contributed by atoms with Gasteiger partial charge >= 0.3 is 0 Å². The first kappa shape index (κ1) is 8.22. The number of hydrogen-bond acceptors (Lipinski definition) is 1. The minimum absolute atomic E-state index is 0.0856. The van der Waals surface area contributed by atoms with Gasteiger partial charge in [-0.05, 0) is 38.2 Å². The van der Waals surface area contributed by atoms with Crippen LogP contribution in [0.5, 0.6) is 0 Å². The molecular formula is C13H14O. The van der Waals surface area contributed by atoms with Gasteiger partial charge < -0.3 is 0 Å². The van der Waals surface area contributed by atoms with Gasteiger partial charge in [0.05, 0.1) is 0 Å². The van der Waals surface area contributed by atoms with E-state index in [0.29, 0.717) is 5.78 Å². The number of ketones is 1. The average molecular weight is 186 g/mol. The highest BCUT2D eigenvalue weighted by Gasteiger charge is 2.51. The van der Waals surface area contributed by atoms with Crippen molar-refractivity contribution >= 4 is 5.78 Å². The molecule has 0 aromatic heterocycles. The molecule has 1 fully saturated rings. The van der Waals surface area contributed by atoms with Crippen molar-refractivity contribution in [1.29, 1.82) is 0 Å². The highest BCUT2D eigenvalue weighted by molar-refractivity contribution is 6.04. The minimum atomic E-state index is 0.0856. The molecule has 0 aliphatic heterocycles. The number of aryl methyl sites for hydroxylation is 2. The van der Waals surface area contributed by atoms with Crippen LogP contribution in [0.4, 0.5) is 0 Å². The number of carbonyl (C=O) groups excluding carboxylic acids is 1. The normalized spacial score (nSPS) is 22.2. The number of carbonyl (C=O) groups is 1. The van der Waals surface area contributed by atoms with Gasteiger partial charge in [0.2, 0.25) is 0 Å². The lowest BCUT2D eigenvalue weighted by Crippen LogP contribution is -2.23. The Morgan fingerprint density at radius 3 is 2.71 bits per heavy atom. The third-order valence-electron chi connectivity index (χ3n) is 3.71. The topological polar surface area (TPSA) is 17.1 Å². The SMILES string of the molecule is Cc1ccc2c(c1)CCC1(CC1)C2=O. The zero-order chi connectivity index (χ0) is 9.76. The van der Waals surface area contributed by atoms with Gasteiger partial charge in [-0.3, -0.25) is 4.79 Å². The molecule has 0 amide bonds. The van der Waals surface area contributed by atoms with Crippen molar-refractivity contribution in [2.24, 2.45) is 5.41 Å². The summed E-state index contributed by atoms with van der Waals surface area (Å²) < 4.78 is 0. The lowest BCUT2D eigenvalue weighted by atomic mass is 9.80. The Bertz CT molecular complexity index is 413. The number of fused-ring (bicyclic) bond motifs is 1. The molecule has 0 saturated heterocycles. The first-order valence-corrected chi connectivity index (χ1v) is 5.36. The van der Waals surface area contributed by atoms with Gasteiger partial charge in [0.15, 0.2) is 5.78 Å². The summed E-state index contributed by atoms with van der Waals surface area (Å²) in [5.74, 6) is 0.416. The van der Waals surface area contributed by atoms with Gasteiger partial charge in [-0.2, -0.15) is 0 Å². The van der Waals surface area contributed by atoms with Gasteiger partial charge in [-0.25, -0.2) is 0 Å². The molecule has 1 nitrogen and oxygen atoms in total. The molecule has 0 bridgehead atoms. The number of rotatable bonds is 0. The minimum Gasteiger partial charge on any atom is -0.294 e. The van der Waals surface area contributed by atoms with Gasteiger partial charge in [-0.1, -0.05) is 23.8 Å². The van der Waals surface area contributed by atoms with E-state index in [4.69, 9.17) is 0 Å². The quantitative estimate of drug-likeness (QED) is 0.609. The van der Waals surface area contributed by atoms with Crippen LogP contribution >= 0.6 is 0 Å². The fourth-order valence-corrected chi connectivity index (χ4v) is 2.55. The van der Waals surface area contributed by atoms with Crippen LogP contribution in [0.15, 0.2) is 18.2 Å². The van der Waals surface area contributed by atoms with Crippen molar-refractivity contribution in [2.45, 2.75) is 32.6 Å². The molecule has 0 heterocycles. The molecule has 2 aliphatic rings. The Labute approximate surface area is 84.1 Å². The molecule has 1 heteroatoms. The first-order chi connectivity index (χ1) is 6.71. The van der Waals surface area contributed by atoms with E-state index in [9.17, 15) is 4.79 Å². The van der Waals surface area contributed by atoms with Gasteiger partial charge in [0.1, 0.15) is 0 Å². The van der Waals surface area contributed by atoms with Crippen LogP contribution in [-0.4, -0.2) is 5.78 Å². The van der Waals surface area contributed by atoms with Gasteiger partial charge in [0, 0.05) is 11.0 Å². The lowest BCUT2D eigenvalue weighted by molar-refractivity contribution is 0.0880. The summed E-state index contributed by atoms with van der Waals surface area (Å²) in [5, 5.41) is 0. The summed E-state index contributed by atoms with van der Waals surface area (Å²) in [4.78, 5) is 12.1. The molecule has 14 heavy (non-hydrogen) atoms. The van der Waals surface area contributed by atoms with Crippen LogP contribution in [0.3, 0.4) is 0 Å². The van der Waals surface area contributed by atoms with E-state index < -0.39 is 0 Å². The second kappa shape index (κ2) is 2.47. The Morgan fingerprint density at radius 2 is 2.00 bits per heavy atom. The van der Waals surface area contributed by atoms with Crippen LogP contribution in [0.1, 0.15) is 40.7 Å². The third-order valence-corrected chi connectivity index (χ3v) is 3.71. The van der Waals surface area contributed by atoms with Crippen molar-refractivity contribution in [3.8, 4) is 0 Å². The summed E-state index contributed by atoms with van der Waals surface area (Å²) in [6.07, 6.45) is 4.43. The number of hydrogen-bond donors (Lipinski definition) is 0. The van der Waals surface area contributed by atoms with E-state index in [0.717, 1.165) is 31.2 Å². The number of benzene rings is 1. The third kappa shape index (κ3) is 0.985. The fraction of sp³-hybridized carbons (Fsp3) is 0.462. The maximum absolute atomic E-state index is 12.1. The maximum atomic E-state index is 12.1. The predicted octanol–water partition coefficient (Wildman–Crippen LogP) is 2.90. The first-order valence-electron chi connectivity index (χ1n) is 5.36. The molecule has 72 valence electrons. The standard InChI is InChI=1S/C13H14O/c1-9-2-3-11-10(8-9)4-5-13(6-7-13)12(11)14/h2-3,8H,4-7H2,1H3. The second-order valence-electron chi connectivity index (χ2n) is 4.77. The Balaban J connectivity index is 2.12. The second-order valence-corrected chi connectivity index (χ2v) is 4.77. The molecule has 0 unspecified atom stereocenters. The van der Waals surface area contributed by atoms with Crippen molar-refractivity contribution in [1.82, 2.24) is 0 Å². The van der Waals surface area contributed by atoms with Gasteiger partial charge in [-0.15, -0.1) is 0 Å². The molecule has 0 atom stereocenters. The van der Waals surface area contributed by atoms with Crippen LogP contribution in [0.2, 0.25) is 0 Å². The summed E-state index contributed by atoms with van der Waals surface area (Å²) >= 11 is 0. The number of Topliss-reactive ketones (excluding diaryl/α,β-unsaturated/α-hetero) is 1. The molecule has 2 aliphatic carbocycles. The van der Waals surface area contributed by atoms with Crippen LogP contribution in [-0.2, 0) is 6.42 Å².